The molecule has 39 heavy (non-hydrogen) atoms. The van der Waals surface area contributed by atoms with Gasteiger partial charge in [-0.25, -0.2) is 24.7 Å². The third-order valence-corrected chi connectivity index (χ3v) is 7.74. The van der Waals surface area contributed by atoms with E-state index in [1.807, 2.05) is 43.0 Å². The van der Waals surface area contributed by atoms with Crippen molar-refractivity contribution in [2.75, 3.05) is 51.3 Å². The summed E-state index contributed by atoms with van der Waals surface area (Å²) in [5, 5.41) is 4.60. The van der Waals surface area contributed by atoms with Gasteiger partial charge in [0.05, 0.1) is 13.0 Å². The van der Waals surface area contributed by atoms with Crippen LogP contribution in [0, 0.1) is 0 Å². The van der Waals surface area contributed by atoms with Crippen LogP contribution in [-0.4, -0.2) is 103 Å². The summed E-state index contributed by atoms with van der Waals surface area (Å²) in [5.41, 5.74) is 7.55. The van der Waals surface area contributed by atoms with Crippen LogP contribution < -0.4 is 10.6 Å². The molecule has 0 bridgehead atoms. The molecule has 2 atom stereocenters. The van der Waals surface area contributed by atoms with E-state index in [1.54, 1.807) is 23.3 Å². The molecule has 0 amide bonds. The quantitative estimate of drug-likeness (QED) is 0.450. The maximum Gasteiger partial charge on any atom is 0.354 e. The number of carbonyl (C=O) groups excluding carboxylic acids is 1. The minimum absolute atomic E-state index is 0.221. The highest BCUT2D eigenvalue weighted by atomic mass is 16.5. The van der Waals surface area contributed by atoms with E-state index in [9.17, 15) is 4.79 Å². The molecular formula is C26H31N11O2. The summed E-state index contributed by atoms with van der Waals surface area (Å²) < 4.78 is 6.78. The third kappa shape index (κ3) is 4.18. The van der Waals surface area contributed by atoms with Gasteiger partial charge in [-0.2, -0.15) is 4.68 Å². The molecule has 1 fully saturated rings. The molecule has 6 rings (SSSR count). The molecule has 2 unspecified atom stereocenters. The number of hydrogen-bond acceptors (Lipinski definition) is 12. The van der Waals surface area contributed by atoms with Gasteiger partial charge in [0.2, 0.25) is 17.7 Å². The molecule has 3 aromatic heterocycles. The molecular weight excluding hydrogens is 498 g/mol. The summed E-state index contributed by atoms with van der Waals surface area (Å²) in [6.45, 7) is 8.60. The summed E-state index contributed by atoms with van der Waals surface area (Å²) in [6.07, 6.45) is 5.22. The van der Waals surface area contributed by atoms with Crippen molar-refractivity contribution in [3.8, 4) is 11.5 Å². The van der Waals surface area contributed by atoms with Crippen molar-refractivity contribution in [2.24, 2.45) is 10.7 Å². The zero-order chi connectivity index (χ0) is 27.1. The van der Waals surface area contributed by atoms with Crippen molar-refractivity contribution in [3.05, 3.63) is 60.0 Å². The SMILES string of the molecule is COC(=O)C1=C(C)C2c3nc(-c4ccccn4)nn3C(N)=NC2(C)N1CCN1CCN(c2ncccn2)CC1. The Morgan fingerprint density at radius 1 is 1.08 bits per heavy atom. The lowest BCUT2D eigenvalue weighted by atomic mass is 9.88. The Morgan fingerprint density at radius 2 is 1.82 bits per heavy atom. The van der Waals surface area contributed by atoms with Gasteiger partial charge in [0.1, 0.15) is 22.9 Å². The third-order valence-electron chi connectivity index (χ3n) is 7.74. The molecule has 0 aliphatic carbocycles. The average molecular weight is 530 g/mol. The first kappa shape index (κ1) is 24.9. The number of methoxy groups -OCH3 is 1. The number of aromatic nitrogens is 6. The van der Waals surface area contributed by atoms with Crippen molar-refractivity contribution in [3.63, 3.8) is 0 Å². The molecule has 6 heterocycles. The maximum absolute atomic E-state index is 13.1. The summed E-state index contributed by atoms with van der Waals surface area (Å²) in [5.74, 6) is 1.32. The number of pyridine rings is 1. The molecule has 13 heteroatoms. The lowest BCUT2D eigenvalue weighted by Gasteiger charge is -2.42. The second-order valence-corrected chi connectivity index (χ2v) is 9.97. The topological polar surface area (TPSA) is 144 Å². The molecule has 3 aliphatic rings. The van der Waals surface area contributed by atoms with Crippen LogP contribution in [0.3, 0.4) is 0 Å². The number of rotatable bonds is 6. The molecule has 202 valence electrons. The van der Waals surface area contributed by atoms with E-state index in [0.717, 1.165) is 44.2 Å². The van der Waals surface area contributed by atoms with E-state index in [1.165, 1.54) is 7.11 Å². The Morgan fingerprint density at radius 3 is 2.51 bits per heavy atom. The van der Waals surface area contributed by atoms with Gasteiger partial charge in [0.15, 0.2) is 0 Å². The first-order valence-electron chi connectivity index (χ1n) is 13.0. The monoisotopic (exact) mass is 529 g/mol. The molecule has 2 N–H and O–H groups in total. The van der Waals surface area contributed by atoms with Crippen LogP contribution in [0.15, 0.2) is 59.1 Å². The van der Waals surface area contributed by atoms with E-state index < -0.39 is 11.6 Å². The fourth-order valence-electron chi connectivity index (χ4n) is 5.84. The second kappa shape index (κ2) is 9.73. The Bertz CT molecular complexity index is 1430. The van der Waals surface area contributed by atoms with E-state index in [-0.39, 0.29) is 11.9 Å². The number of aliphatic imine (C=N–C) groups is 1. The van der Waals surface area contributed by atoms with Crippen molar-refractivity contribution in [1.82, 2.24) is 39.5 Å². The minimum Gasteiger partial charge on any atom is -0.464 e. The van der Waals surface area contributed by atoms with E-state index >= 15 is 0 Å². The number of fused-ring (bicyclic) bond motifs is 3. The lowest BCUT2D eigenvalue weighted by Crippen LogP contribution is -2.54. The summed E-state index contributed by atoms with van der Waals surface area (Å²) >= 11 is 0. The van der Waals surface area contributed by atoms with E-state index in [0.29, 0.717) is 29.6 Å². The highest BCUT2D eigenvalue weighted by molar-refractivity contribution is 5.91. The first-order chi connectivity index (χ1) is 18.9. The maximum atomic E-state index is 13.1. The zero-order valence-corrected chi connectivity index (χ0v) is 22.2. The van der Waals surface area contributed by atoms with Gasteiger partial charge in [0, 0.05) is 57.9 Å². The van der Waals surface area contributed by atoms with Crippen LogP contribution in [0.25, 0.3) is 11.5 Å². The van der Waals surface area contributed by atoms with Crippen LogP contribution in [0.2, 0.25) is 0 Å². The van der Waals surface area contributed by atoms with Crippen LogP contribution in [0.4, 0.5) is 5.95 Å². The molecule has 13 nitrogen and oxygen atoms in total. The highest BCUT2D eigenvalue weighted by Crippen LogP contribution is 2.50. The normalized spacial score (nSPS) is 22.9. The van der Waals surface area contributed by atoms with E-state index in [4.69, 9.17) is 20.4 Å². The number of esters is 1. The highest BCUT2D eigenvalue weighted by Gasteiger charge is 2.55. The van der Waals surface area contributed by atoms with Gasteiger partial charge >= 0.3 is 5.97 Å². The van der Waals surface area contributed by atoms with Crippen molar-refractivity contribution in [2.45, 2.75) is 25.4 Å². The molecule has 0 spiro atoms. The van der Waals surface area contributed by atoms with Crippen LogP contribution in [0.1, 0.15) is 25.6 Å². The Hall–Kier alpha value is -4.39. The summed E-state index contributed by atoms with van der Waals surface area (Å²) in [7, 11) is 1.40. The molecule has 0 saturated carbocycles. The predicted octanol–water partition coefficient (Wildman–Crippen LogP) is 0.691. The fraction of sp³-hybridized carbons (Fsp3) is 0.423. The predicted molar refractivity (Wildman–Crippen MR) is 144 cm³/mol. The molecule has 0 radical (unpaired) electrons. The van der Waals surface area contributed by atoms with Gasteiger partial charge in [0.25, 0.3) is 0 Å². The van der Waals surface area contributed by atoms with Gasteiger partial charge in [-0.05, 0) is 37.6 Å². The molecule has 0 aromatic carbocycles. The smallest absolute Gasteiger partial charge is 0.354 e. The summed E-state index contributed by atoms with van der Waals surface area (Å²) in [4.78, 5) is 42.6. The van der Waals surface area contributed by atoms with Crippen LogP contribution >= 0.6 is 0 Å². The number of nitrogens with two attached hydrogens (primary N) is 1. The zero-order valence-electron chi connectivity index (χ0n) is 22.2. The van der Waals surface area contributed by atoms with Gasteiger partial charge in [-0.1, -0.05) is 6.07 Å². The summed E-state index contributed by atoms with van der Waals surface area (Å²) in [6, 6.07) is 7.39. The number of carbonyl (C=O) groups is 1. The molecule has 1 saturated heterocycles. The fourth-order valence-corrected chi connectivity index (χ4v) is 5.84. The standard InChI is InChI=1S/C26H31N11O2/c1-17-19-22-31-21(18-7-4-5-8-28-18)33-37(22)24(27)32-26(19,2)36(20(17)23(38)39-3)16-13-34-11-14-35(15-12-34)25-29-9-6-10-30-25/h4-10,19H,11-16H2,1-3H3,(H2,27,32). The number of nitrogens with zero attached hydrogens (tertiary/aromatic N) is 10. The lowest BCUT2D eigenvalue weighted by molar-refractivity contribution is -0.138. The van der Waals surface area contributed by atoms with Crippen molar-refractivity contribution < 1.29 is 9.53 Å². The average Bonchev–Trinajstić information content (AvgIpc) is 3.50. The Labute approximate surface area is 226 Å². The minimum atomic E-state index is -0.859. The molecule has 3 aliphatic heterocycles. The Balaban J connectivity index is 1.26. The van der Waals surface area contributed by atoms with Gasteiger partial charge in [-0.3, -0.25) is 9.88 Å². The number of hydrogen-bond donors (Lipinski definition) is 1. The van der Waals surface area contributed by atoms with Gasteiger partial charge < -0.3 is 20.3 Å². The second-order valence-electron chi connectivity index (χ2n) is 9.97. The van der Waals surface area contributed by atoms with E-state index in [2.05, 4.69) is 29.9 Å². The largest absolute Gasteiger partial charge is 0.464 e. The Kier molecular flexibility index (Phi) is 6.22. The van der Waals surface area contributed by atoms with Crippen molar-refractivity contribution in [1.29, 1.82) is 0 Å². The molecule has 3 aromatic rings. The van der Waals surface area contributed by atoms with Gasteiger partial charge in [-0.15, -0.1) is 5.10 Å². The van der Waals surface area contributed by atoms with Crippen LogP contribution in [-0.2, 0) is 9.53 Å². The first-order valence-corrected chi connectivity index (χ1v) is 13.0. The number of anilines is 1. The van der Waals surface area contributed by atoms with Crippen molar-refractivity contribution >= 4 is 17.9 Å². The van der Waals surface area contributed by atoms with Crippen LogP contribution in [0.5, 0.6) is 0 Å². The number of ether oxygens (including phenoxy) is 1. The number of piperazine rings is 1.